The van der Waals surface area contributed by atoms with E-state index in [0.29, 0.717) is 25.3 Å². The molecule has 1 amide bonds. The number of anilines is 2. The van der Waals surface area contributed by atoms with Gasteiger partial charge in [0, 0.05) is 31.6 Å². The molecule has 7 nitrogen and oxygen atoms in total. The molecule has 1 unspecified atom stereocenters. The first-order valence-corrected chi connectivity index (χ1v) is 6.58. The van der Waals surface area contributed by atoms with Crippen LogP contribution in [0.4, 0.5) is 11.4 Å². The first kappa shape index (κ1) is 16.8. The van der Waals surface area contributed by atoms with Crippen LogP contribution in [0.15, 0.2) is 18.2 Å². The number of methoxy groups -OCH3 is 1. The average molecular weight is 295 g/mol. The van der Waals surface area contributed by atoms with Gasteiger partial charge in [-0.25, -0.2) is 4.79 Å². The first-order valence-electron chi connectivity index (χ1n) is 6.58. The van der Waals surface area contributed by atoms with Crippen molar-refractivity contribution in [3.8, 4) is 0 Å². The molecule has 5 N–H and O–H groups in total. The number of nitrogen functional groups attached to an aromatic ring is 2. The van der Waals surface area contributed by atoms with Gasteiger partial charge in [0.1, 0.15) is 0 Å². The summed E-state index contributed by atoms with van der Waals surface area (Å²) in [7, 11) is 1.59. The minimum absolute atomic E-state index is 0.184. The molecule has 0 saturated heterocycles. The Morgan fingerprint density at radius 2 is 2.05 bits per heavy atom. The van der Waals surface area contributed by atoms with Gasteiger partial charge in [-0.05, 0) is 31.5 Å². The van der Waals surface area contributed by atoms with E-state index in [1.54, 1.807) is 13.2 Å². The number of carbonyl (C=O) groups is 2. The van der Waals surface area contributed by atoms with Gasteiger partial charge in [0.25, 0.3) is 5.91 Å². The smallest absolute Gasteiger partial charge is 0.341 e. The first-order chi connectivity index (χ1) is 9.95. The van der Waals surface area contributed by atoms with Crippen molar-refractivity contribution in [3.63, 3.8) is 0 Å². The third kappa shape index (κ3) is 5.31. The molecule has 21 heavy (non-hydrogen) atoms. The predicted molar refractivity (Wildman–Crippen MR) is 79.6 cm³/mol. The summed E-state index contributed by atoms with van der Waals surface area (Å²) in [6.07, 6.45) is -0.217. The van der Waals surface area contributed by atoms with E-state index in [1.165, 1.54) is 19.1 Å². The molecule has 0 aliphatic rings. The molecule has 116 valence electrons. The third-order valence-corrected chi connectivity index (χ3v) is 2.77. The molecule has 1 atom stereocenters. The molecule has 1 rings (SSSR count). The SMILES string of the molecule is COCCCNC(=O)C(C)OC(=O)c1ccc(N)cc1N. The van der Waals surface area contributed by atoms with E-state index in [-0.39, 0.29) is 17.2 Å². The number of hydrogen-bond acceptors (Lipinski definition) is 6. The number of nitrogens with two attached hydrogens (primary N) is 2. The van der Waals surface area contributed by atoms with Crippen LogP contribution in [0.5, 0.6) is 0 Å². The van der Waals surface area contributed by atoms with Gasteiger partial charge in [-0.2, -0.15) is 0 Å². The molecular formula is C14H21N3O4. The predicted octanol–water partition coefficient (Wildman–Crippen LogP) is 0.549. The van der Waals surface area contributed by atoms with E-state index in [0.717, 1.165) is 0 Å². The molecule has 1 aromatic rings. The monoisotopic (exact) mass is 295 g/mol. The summed E-state index contributed by atoms with van der Waals surface area (Å²) >= 11 is 0. The zero-order valence-electron chi connectivity index (χ0n) is 12.2. The second kappa shape index (κ2) is 8.11. The van der Waals surface area contributed by atoms with Crippen molar-refractivity contribution >= 4 is 23.3 Å². The van der Waals surface area contributed by atoms with Gasteiger partial charge in [0.05, 0.1) is 5.56 Å². The van der Waals surface area contributed by atoms with Crippen molar-refractivity contribution in [2.24, 2.45) is 0 Å². The second-order valence-electron chi connectivity index (χ2n) is 4.53. The highest BCUT2D eigenvalue weighted by atomic mass is 16.5. The van der Waals surface area contributed by atoms with E-state index < -0.39 is 12.1 Å². The van der Waals surface area contributed by atoms with Crippen LogP contribution in [0.25, 0.3) is 0 Å². The molecule has 0 heterocycles. The Hall–Kier alpha value is -2.28. The van der Waals surface area contributed by atoms with Crippen molar-refractivity contribution in [2.75, 3.05) is 31.7 Å². The quantitative estimate of drug-likeness (QED) is 0.384. The number of amides is 1. The van der Waals surface area contributed by atoms with E-state index in [1.807, 2.05) is 0 Å². The highest BCUT2D eigenvalue weighted by molar-refractivity contribution is 5.97. The van der Waals surface area contributed by atoms with Gasteiger partial charge in [-0.15, -0.1) is 0 Å². The van der Waals surface area contributed by atoms with Crippen LogP contribution >= 0.6 is 0 Å². The number of benzene rings is 1. The highest BCUT2D eigenvalue weighted by Crippen LogP contribution is 2.17. The maximum atomic E-state index is 11.9. The normalized spacial score (nSPS) is 11.7. The van der Waals surface area contributed by atoms with Crippen LogP contribution in [-0.4, -0.2) is 38.2 Å². The zero-order chi connectivity index (χ0) is 15.8. The lowest BCUT2D eigenvalue weighted by Crippen LogP contribution is -2.36. The molecule has 0 aromatic heterocycles. The van der Waals surface area contributed by atoms with Crippen LogP contribution in [0.2, 0.25) is 0 Å². The van der Waals surface area contributed by atoms with Crippen LogP contribution in [0, 0.1) is 0 Å². The van der Waals surface area contributed by atoms with Crippen LogP contribution in [-0.2, 0) is 14.3 Å². The van der Waals surface area contributed by atoms with Crippen molar-refractivity contribution in [3.05, 3.63) is 23.8 Å². The summed E-state index contributed by atoms with van der Waals surface area (Å²) in [6.45, 7) is 2.51. The van der Waals surface area contributed by atoms with E-state index in [4.69, 9.17) is 20.9 Å². The molecule has 0 saturated carbocycles. The van der Waals surface area contributed by atoms with Crippen molar-refractivity contribution in [1.29, 1.82) is 0 Å². The van der Waals surface area contributed by atoms with Crippen molar-refractivity contribution < 1.29 is 19.1 Å². The Morgan fingerprint density at radius 3 is 2.67 bits per heavy atom. The van der Waals surface area contributed by atoms with Crippen LogP contribution < -0.4 is 16.8 Å². The maximum absolute atomic E-state index is 11.9. The summed E-state index contributed by atoms with van der Waals surface area (Å²) in [5.41, 5.74) is 12.1. The fourth-order valence-electron chi connectivity index (χ4n) is 1.62. The molecule has 0 radical (unpaired) electrons. The Morgan fingerprint density at radius 1 is 1.33 bits per heavy atom. The Kier molecular flexibility index (Phi) is 6.48. The van der Waals surface area contributed by atoms with Crippen LogP contribution in [0.3, 0.4) is 0 Å². The number of hydrogen-bond donors (Lipinski definition) is 3. The molecule has 0 aliphatic carbocycles. The van der Waals surface area contributed by atoms with Gasteiger partial charge in [-0.3, -0.25) is 4.79 Å². The Labute approximate surface area is 123 Å². The van der Waals surface area contributed by atoms with Crippen molar-refractivity contribution in [1.82, 2.24) is 5.32 Å². The van der Waals surface area contributed by atoms with Gasteiger partial charge in [0.2, 0.25) is 0 Å². The lowest BCUT2D eigenvalue weighted by Gasteiger charge is -2.14. The molecule has 0 aliphatic heterocycles. The van der Waals surface area contributed by atoms with Crippen molar-refractivity contribution in [2.45, 2.75) is 19.4 Å². The number of carbonyl (C=O) groups excluding carboxylic acids is 2. The summed E-state index contributed by atoms with van der Waals surface area (Å²) < 4.78 is 9.94. The summed E-state index contributed by atoms with van der Waals surface area (Å²) in [5, 5.41) is 2.65. The molecule has 0 bridgehead atoms. The van der Waals surface area contributed by atoms with Gasteiger partial charge in [-0.1, -0.05) is 0 Å². The standard InChI is InChI=1S/C14H21N3O4/c1-9(13(18)17-6-3-7-20-2)21-14(19)11-5-4-10(15)8-12(11)16/h4-5,8-9H,3,6-7,15-16H2,1-2H3,(H,17,18). The number of rotatable bonds is 7. The fourth-order valence-corrected chi connectivity index (χ4v) is 1.62. The molecule has 1 aromatic carbocycles. The fraction of sp³-hybridized carbons (Fsp3) is 0.429. The number of nitrogens with one attached hydrogen (secondary N) is 1. The molecule has 7 heteroatoms. The minimum Gasteiger partial charge on any atom is -0.449 e. The lowest BCUT2D eigenvalue weighted by atomic mass is 10.1. The van der Waals surface area contributed by atoms with Crippen LogP contribution in [0.1, 0.15) is 23.7 Å². The van der Waals surface area contributed by atoms with E-state index >= 15 is 0 Å². The zero-order valence-corrected chi connectivity index (χ0v) is 12.2. The maximum Gasteiger partial charge on any atom is 0.341 e. The molecule has 0 fully saturated rings. The van der Waals surface area contributed by atoms with Gasteiger partial charge >= 0.3 is 5.97 Å². The molecule has 0 spiro atoms. The number of esters is 1. The van der Waals surface area contributed by atoms with E-state index in [2.05, 4.69) is 5.32 Å². The van der Waals surface area contributed by atoms with E-state index in [9.17, 15) is 9.59 Å². The van der Waals surface area contributed by atoms with Gasteiger partial charge < -0.3 is 26.3 Å². The summed E-state index contributed by atoms with van der Waals surface area (Å²) in [6, 6.07) is 4.48. The third-order valence-electron chi connectivity index (χ3n) is 2.77. The Balaban J connectivity index is 2.51. The largest absolute Gasteiger partial charge is 0.449 e. The molecular weight excluding hydrogens is 274 g/mol. The average Bonchev–Trinajstić information content (AvgIpc) is 2.43. The van der Waals surface area contributed by atoms with Gasteiger partial charge in [0.15, 0.2) is 6.10 Å². The lowest BCUT2D eigenvalue weighted by molar-refractivity contribution is -0.129. The summed E-state index contributed by atoms with van der Waals surface area (Å²) in [5.74, 6) is -1.03. The number of ether oxygens (including phenoxy) is 2. The second-order valence-corrected chi connectivity index (χ2v) is 4.53. The highest BCUT2D eigenvalue weighted by Gasteiger charge is 2.19. The topological polar surface area (TPSA) is 117 Å². The minimum atomic E-state index is -0.906. The Bertz CT molecular complexity index is 505. The summed E-state index contributed by atoms with van der Waals surface area (Å²) in [4.78, 5) is 23.7.